The van der Waals surface area contributed by atoms with Crippen LogP contribution < -0.4 is 5.32 Å². The van der Waals surface area contributed by atoms with Crippen molar-refractivity contribution in [2.45, 2.75) is 0 Å². The number of para-hydroxylation sites is 2. The second-order valence-corrected chi connectivity index (χ2v) is 4.79. The lowest BCUT2D eigenvalue weighted by Crippen LogP contribution is -2.16. The van der Waals surface area contributed by atoms with E-state index in [4.69, 9.17) is 5.11 Å². The molecule has 1 amide bonds. The summed E-state index contributed by atoms with van der Waals surface area (Å²) in [5.74, 6) is -2.11. The Morgan fingerprint density at radius 2 is 1.80 bits per heavy atom. The molecule has 25 heavy (non-hydrogen) atoms. The third-order valence-corrected chi connectivity index (χ3v) is 3.20. The first-order valence-electron chi connectivity index (χ1n) is 6.93. The number of anilines is 1. The van der Waals surface area contributed by atoms with Gasteiger partial charge in [0.05, 0.1) is 21.7 Å². The van der Waals surface area contributed by atoms with E-state index in [-0.39, 0.29) is 22.5 Å². The fourth-order valence-electron chi connectivity index (χ4n) is 2.05. The average Bonchev–Trinajstić information content (AvgIpc) is 2.60. The van der Waals surface area contributed by atoms with Crippen LogP contribution in [0.3, 0.4) is 0 Å². The van der Waals surface area contributed by atoms with Crippen molar-refractivity contribution >= 4 is 29.3 Å². The molecule has 0 aliphatic carbocycles. The number of hydrogen-bond donors (Lipinski definition) is 2. The number of carboxylic acids is 1. The molecular weight excluding hydrogens is 326 g/mol. The predicted molar refractivity (Wildman–Crippen MR) is 88.7 cm³/mol. The summed E-state index contributed by atoms with van der Waals surface area (Å²) in [6.07, 6.45) is 1.08. The molecular formula is C17H11N3O5. The van der Waals surface area contributed by atoms with Gasteiger partial charge >= 0.3 is 5.97 Å². The standard InChI is InChI=1S/C17H11N3O5/c18-10-12(9-11-5-1-4-8-15(11)20(24)25)16(21)19-14-7-3-2-6-13(14)17(22)23/h1-9H,(H,19,21)(H,22,23). The highest BCUT2D eigenvalue weighted by Gasteiger charge is 2.17. The summed E-state index contributed by atoms with van der Waals surface area (Å²) in [4.78, 5) is 33.8. The maximum absolute atomic E-state index is 12.2. The summed E-state index contributed by atoms with van der Waals surface area (Å²) in [6.45, 7) is 0. The number of carbonyl (C=O) groups is 2. The summed E-state index contributed by atoms with van der Waals surface area (Å²) in [5.41, 5.74) is -0.684. The van der Waals surface area contributed by atoms with Crippen molar-refractivity contribution in [1.82, 2.24) is 0 Å². The lowest BCUT2D eigenvalue weighted by Gasteiger charge is -2.07. The van der Waals surface area contributed by atoms with Crippen LogP contribution in [-0.4, -0.2) is 21.9 Å². The van der Waals surface area contributed by atoms with Crippen LogP contribution in [-0.2, 0) is 4.79 Å². The number of nitrogens with one attached hydrogen (secondary N) is 1. The Bertz CT molecular complexity index is 928. The van der Waals surface area contributed by atoms with E-state index in [0.29, 0.717) is 0 Å². The molecule has 0 saturated heterocycles. The average molecular weight is 337 g/mol. The molecule has 0 bridgehead atoms. The molecule has 0 fully saturated rings. The van der Waals surface area contributed by atoms with E-state index in [1.807, 2.05) is 0 Å². The van der Waals surface area contributed by atoms with Gasteiger partial charge in [0.1, 0.15) is 11.6 Å². The van der Waals surface area contributed by atoms with Crippen LogP contribution in [0.4, 0.5) is 11.4 Å². The SMILES string of the molecule is N#CC(=Cc1ccccc1[N+](=O)[O-])C(=O)Nc1ccccc1C(=O)O. The van der Waals surface area contributed by atoms with Crippen molar-refractivity contribution < 1.29 is 19.6 Å². The van der Waals surface area contributed by atoms with Crippen molar-refractivity contribution in [1.29, 1.82) is 5.26 Å². The normalized spacial score (nSPS) is 10.6. The monoisotopic (exact) mass is 337 g/mol. The van der Waals surface area contributed by atoms with E-state index >= 15 is 0 Å². The molecule has 0 spiro atoms. The highest BCUT2D eigenvalue weighted by atomic mass is 16.6. The topological polar surface area (TPSA) is 133 Å². The molecule has 0 aliphatic heterocycles. The summed E-state index contributed by atoms with van der Waals surface area (Å²) < 4.78 is 0. The van der Waals surface area contributed by atoms with Gasteiger partial charge in [0, 0.05) is 6.07 Å². The molecule has 0 aromatic heterocycles. The third kappa shape index (κ3) is 4.05. The van der Waals surface area contributed by atoms with Gasteiger partial charge in [-0.25, -0.2) is 4.79 Å². The van der Waals surface area contributed by atoms with Gasteiger partial charge in [-0.3, -0.25) is 14.9 Å². The third-order valence-electron chi connectivity index (χ3n) is 3.20. The van der Waals surface area contributed by atoms with Gasteiger partial charge in [-0.15, -0.1) is 0 Å². The van der Waals surface area contributed by atoms with Gasteiger partial charge in [-0.2, -0.15) is 5.26 Å². The fraction of sp³-hybridized carbons (Fsp3) is 0. The van der Waals surface area contributed by atoms with E-state index < -0.39 is 22.4 Å². The number of nitriles is 1. The van der Waals surface area contributed by atoms with E-state index in [1.54, 1.807) is 6.07 Å². The molecule has 2 rings (SSSR count). The van der Waals surface area contributed by atoms with Gasteiger partial charge in [0.15, 0.2) is 0 Å². The van der Waals surface area contributed by atoms with Crippen molar-refractivity contribution in [2.75, 3.05) is 5.32 Å². The van der Waals surface area contributed by atoms with Crippen molar-refractivity contribution in [3.63, 3.8) is 0 Å². The van der Waals surface area contributed by atoms with Crippen LogP contribution in [0, 0.1) is 21.4 Å². The van der Waals surface area contributed by atoms with Crippen molar-refractivity contribution in [2.24, 2.45) is 0 Å². The Morgan fingerprint density at radius 3 is 2.44 bits per heavy atom. The number of hydrogen-bond acceptors (Lipinski definition) is 5. The lowest BCUT2D eigenvalue weighted by molar-refractivity contribution is -0.385. The summed E-state index contributed by atoms with van der Waals surface area (Å²) in [5, 5.41) is 31.6. The van der Waals surface area contributed by atoms with Gasteiger partial charge in [0.2, 0.25) is 0 Å². The molecule has 0 atom stereocenters. The van der Waals surface area contributed by atoms with Crippen molar-refractivity contribution in [3.05, 3.63) is 75.3 Å². The number of nitrogens with zero attached hydrogens (tertiary/aromatic N) is 2. The first-order valence-corrected chi connectivity index (χ1v) is 6.93. The minimum Gasteiger partial charge on any atom is -0.478 e. The van der Waals surface area contributed by atoms with Crippen LogP contribution in [0.2, 0.25) is 0 Å². The first kappa shape index (κ1) is 17.4. The number of rotatable bonds is 5. The zero-order valence-corrected chi connectivity index (χ0v) is 12.7. The maximum Gasteiger partial charge on any atom is 0.337 e. The van der Waals surface area contributed by atoms with Gasteiger partial charge in [-0.05, 0) is 24.3 Å². The molecule has 8 heteroatoms. The number of aromatic carboxylic acids is 1. The largest absolute Gasteiger partial charge is 0.478 e. The van der Waals surface area contributed by atoms with E-state index in [0.717, 1.165) is 6.08 Å². The Labute approximate surface area is 141 Å². The second kappa shape index (κ2) is 7.52. The number of benzene rings is 2. The molecule has 2 aromatic carbocycles. The maximum atomic E-state index is 12.2. The Balaban J connectivity index is 2.37. The lowest BCUT2D eigenvalue weighted by atomic mass is 10.1. The summed E-state index contributed by atoms with van der Waals surface area (Å²) in [6, 6.07) is 13.0. The number of nitro benzene ring substituents is 1. The molecule has 0 radical (unpaired) electrons. The van der Waals surface area contributed by atoms with E-state index in [2.05, 4.69) is 5.32 Å². The molecule has 0 unspecified atom stereocenters. The highest BCUT2D eigenvalue weighted by Crippen LogP contribution is 2.21. The highest BCUT2D eigenvalue weighted by molar-refractivity contribution is 6.12. The van der Waals surface area contributed by atoms with Crippen LogP contribution in [0.5, 0.6) is 0 Å². The molecule has 0 saturated carbocycles. The molecule has 0 heterocycles. The Hall–Kier alpha value is -3.99. The predicted octanol–water partition coefficient (Wildman–Crippen LogP) is 2.84. The summed E-state index contributed by atoms with van der Waals surface area (Å²) in [7, 11) is 0. The minimum absolute atomic E-state index is 0.0173. The molecule has 0 aliphatic rings. The second-order valence-electron chi connectivity index (χ2n) is 4.79. The molecule has 8 nitrogen and oxygen atoms in total. The minimum atomic E-state index is -1.24. The van der Waals surface area contributed by atoms with Crippen LogP contribution in [0.1, 0.15) is 15.9 Å². The smallest absolute Gasteiger partial charge is 0.337 e. The number of nitro groups is 1. The van der Waals surface area contributed by atoms with Crippen LogP contribution >= 0.6 is 0 Å². The first-order chi connectivity index (χ1) is 11.9. The van der Waals surface area contributed by atoms with Crippen LogP contribution in [0.15, 0.2) is 54.1 Å². The Kier molecular flexibility index (Phi) is 5.22. The quantitative estimate of drug-likeness (QED) is 0.373. The fourth-order valence-corrected chi connectivity index (χ4v) is 2.05. The van der Waals surface area contributed by atoms with Crippen LogP contribution in [0.25, 0.3) is 6.08 Å². The van der Waals surface area contributed by atoms with E-state index in [9.17, 15) is 25.0 Å². The van der Waals surface area contributed by atoms with Crippen molar-refractivity contribution in [3.8, 4) is 6.07 Å². The van der Waals surface area contributed by atoms with E-state index in [1.165, 1.54) is 48.5 Å². The number of carbonyl (C=O) groups excluding carboxylic acids is 1. The summed E-state index contributed by atoms with van der Waals surface area (Å²) >= 11 is 0. The molecule has 124 valence electrons. The van der Waals surface area contributed by atoms with Gasteiger partial charge in [-0.1, -0.05) is 24.3 Å². The van der Waals surface area contributed by atoms with Gasteiger partial charge < -0.3 is 10.4 Å². The van der Waals surface area contributed by atoms with Gasteiger partial charge in [0.25, 0.3) is 11.6 Å². The molecule has 2 aromatic rings. The molecule has 2 N–H and O–H groups in total. The number of amides is 1. The zero-order valence-electron chi connectivity index (χ0n) is 12.7. The Morgan fingerprint density at radius 1 is 1.16 bits per heavy atom. The number of carboxylic acid groups (broad SMARTS) is 1. The zero-order chi connectivity index (χ0) is 18.4.